The molecule has 0 N–H and O–H groups in total. The van der Waals surface area contributed by atoms with Gasteiger partial charge in [-0.1, -0.05) is 33.6 Å². The molecule has 0 saturated heterocycles. The second kappa shape index (κ2) is 5.98. The molecule has 4 heteroatoms. The fourth-order valence-corrected chi connectivity index (χ4v) is 3.75. The van der Waals surface area contributed by atoms with Crippen molar-refractivity contribution in [3.05, 3.63) is 0 Å². The highest BCUT2D eigenvalue weighted by Gasteiger charge is 2.33. The quantitative estimate of drug-likeness (QED) is 0.413. The number of rotatable bonds is 5. The van der Waals surface area contributed by atoms with Crippen LogP contribution in [0, 0.1) is 12.3 Å². The average Bonchev–Trinajstić information content (AvgIpc) is 2.13. The van der Waals surface area contributed by atoms with E-state index >= 15 is 0 Å². The SMILES string of the molecule is C#CCOC(=O)CP(=O)(C(C)C)C(C)C. The van der Waals surface area contributed by atoms with Gasteiger partial charge in [0.15, 0.2) is 6.61 Å². The molecule has 0 aromatic heterocycles. The number of ether oxygens (including phenoxy) is 1. The molecule has 0 radical (unpaired) electrons. The first-order chi connectivity index (χ1) is 6.84. The Balaban J connectivity index is 4.52. The normalized spacial score (nSPS) is 11.5. The zero-order valence-electron chi connectivity index (χ0n) is 9.82. The zero-order chi connectivity index (χ0) is 12.1. The van der Waals surface area contributed by atoms with Gasteiger partial charge in [-0.3, -0.25) is 4.79 Å². The third kappa shape index (κ3) is 4.10. The Kier molecular flexibility index (Phi) is 5.68. The third-order valence-corrected chi connectivity index (χ3v) is 6.69. The Morgan fingerprint density at radius 3 is 2.13 bits per heavy atom. The predicted molar refractivity (Wildman–Crippen MR) is 62.5 cm³/mol. The molecule has 0 rings (SSSR count). The maximum atomic E-state index is 12.4. The highest BCUT2D eigenvalue weighted by Crippen LogP contribution is 2.54. The van der Waals surface area contributed by atoms with Crippen molar-refractivity contribution < 1.29 is 14.1 Å². The monoisotopic (exact) mass is 230 g/mol. The maximum absolute atomic E-state index is 12.4. The second-order valence-electron chi connectivity index (χ2n) is 4.06. The summed E-state index contributed by atoms with van der Waals surface area (Å²) in [7, 11) is -2.50. The van der Waals surface area contributed by atoms with Crippen molar-refractivity contribution in [3.63, 3.8) is 0 Å². The highest BCUT2D eigenvalue weighted by atomic mass is 31.2. The van der Waals surface area contributed by atoms with Crippen molar-refractivity contribution in [2.75, 3.05) is 12.8 Å². The molecule has 0 aromatic rings. The molecular formula is C11H19O3P. The largest absolute Gasteiger partial charge is 0.452 e. The number of carbonyl (C=O) groups excluding carboxylic acids is 1. The molecule has 0 aliphatic rings. The number of carbonyl (C=O) groups is 1. The molecule has 0 aliphatic heterocycles. The van der Waals surface area contributed by atoms with E-state index in [9.17, 15) is 9.36 Å². The number of hydrogen-bond acceptors (Lipinski definition) is 3. The van der Waals surface area contributed by atoms with Crippen LogP contribution in [0.25, 0.3) is 0 Å². The summed E-state index contributed by atoms with van der Waals surface area (Å²) in [6.07, 6.45) is 4.95. The fraction of sp³-hybridized carbons (Fsp3) is 0.727. The molecule has 0 fully saturated rings. The molecule has 0 saturated carbocycles. The van der Waals surface area contributed by atoms with Gasteiger partial charge in [-0.05, 0) is 0 Å². The minimum Gasteiger partial charge on any atom is -0.452 e. The van der Waals surface area contributed by atoms with Gasteiger partial charge in [0.1, 0.15) is 7.14 Å². The van der Waals surface area contributed by atoms with Gasteiger partial charge in [0.25, 0.3) is 0 Å². The maximum Gasteiger partial charge on any atom is 0.314 e. The molecule has 0 amide bonds. The Morgan fingerprint density at radius 2 is 1.80 bits per heavy atom. The number of terminal acetylenes is 1. The first-order valence-corrected chi connectivity index (χ1v) is 7.05. The molecule has 3 nitrogen and oxygen atoms in total. The van der Waals surface area contributed by atoms with Crippen LogP contribution in [-0.4, -0.2) is 30.1 Å². The van der Waals surface area contributed by atoms with E-state index in [1.54, 1.807) is 0 Å². The Morgan fingerprint density at radius 1 is 1.33 bits per heavy atom. The van der Waals surface area contributed by atoms with Crippen LogP contribution in [0.3, 0.4) is 0 Å². The first kappa shape index (κ1) is 14.3. The summed E-state index contributed by atoms with van der Waals surface area (Å²) >= 11 is 0. The second-order valence-corrected chi connectivity index (χ2v) is 8.15. The van der Waals surface area contributed by atoms with Crippen molar-refractivity contribution in [3.8, 4) is 12.3 Å². The molecule has 0 unspecified atom stereocenters. The zero-order valence-corrected chi connectivity index (χ0v) is 10.7. The Bertz CT molecular complexity index is 287. The Hall–Kier alpha value is -0.740. The van der Waals surface area contributed by atoms with Crippen LogP contribution in [-0.2, 0) is 14.1 Å². The summed E-state index contributed by atoms with van der Waals surface area (Å²) in [5.74, 6) is 1.75. The molecule has 0 aromatic carbocycles. The van der Waals surface area contributed by atoms with Crippen LogP contribution in [0.2, 0.25) is 0 Å². The molecule has 86 valence electrons. The predicted octanol–water partition coefficient (Wildman–Crippen LogP) is 2.34. The fourth-order valence-electron chi connectivity index (χ4n) is 1.33. The van der Waals surface area contributed by atoms with E-state index in [4.69, 9.17) is 11.2 Å². The number of hydrogen-bond donors (Lipinski definition) is 0. The minimum absolute atomic E-state index is 0.00381. The molecule has 0 heterocycles. The highest BCUT2D eigenvalue weighted by molar-refractivity contribution is 7.66. The van der Waals surface area contributed by atoms with Gasteiger partial charge >= 0.3 is 5.97 Å². The third-order valence-electron chi connectivity index (χ3n) is 2.44. The molecule has 0 bridgehead atoms. The lowest BCUT2D eigenvalue weighted by molar-refractivity contribution is -0.139. The summed E-state index contributed by atoms with van der Waals surface area (Å²) in [6.45, 7) is 7.43. The van der Waals surface area contributed by atoms with E-state index in [2.05, 4.69) is 5.92 Å². The molecule has 15 heavy (non-hydrogen) atoms. The van der Waals surface area contributed by atoms with E-state index in [-0.39, 0.29) is 24.1 Å². The molecular weight excluding hydrogens is 211 g/mol. The van der Waals surface area contributed by atoms with E-state index in [1.807, 2.05) is 27.7 Å². The summed E-state index contributed by atoms with van der Waals surface area (Å²) in [5, 5.41) is 0. The first-order valence-electron chi connectivity index (χ1n) is 5.02. The summed E-state index contributed by atoms with van der Waals surface area (Å²) in [5.41, 5.74) is -0.00762. The van der Waals surface area contributed by atoms with Gasteiger partial charge in [0.2, 0.25) is 0 Å². The Labute approximate surface area is 92.0 Å². The summed E-state index contributed by atoms with van der Waals surface area (Å²) in [6, 6.07) is 0. The van der Waals surface area contributed by atoms with Crippen LogP contribution in [0.15, 0.2) is 0 Å². The van der Waals surface area contributed by atoms with Crippen molar-refractivity contribution in [2.24, 2.45) is 0 Å². The van der Waals surface area contributed by atoms with Crippen molar-refractivity contribution in [1.82, 2.24) is 0 Å². The van der Waals surface area contributed by atoms with Crippen molar-refractivity contribution >= 4 is 13.1 Å². The topological polar surface area (TPSA) is 43.4 Å². The smallest absolute Gasteiger partial charge is 0.314 e. The van der Waals surface area contributed by atoms with Crippen LogP contribution in [0.5, 0.6) is 0 Å². The van der Waals surface area contributed by atoms with E-state index in [1.165, 1.54) is 0 Å². The van der Waals surface area contributed by atoms with Crippen molar-refractivity contribution in [2.45, 2.75) is 39.0 Å². The van der Waals surface area contributed by atoms with Gasteiger partial charge in [0, 0.05) is 11.3 Å². The van der Waals surface area contributed by atoms with Gasteiger partial charge in [0.05, 0.1) is 6.16 Å². The van der Waals surface area contributed by atoms with Gasteiger partial charge in [-0.2, -0.15) is 0 Å². The minimum atomic E-state index is -2.50. The lowest BCUT2D eigenvalue weighted by Crippen LogP contribution is -2.19. The van der Waals surface area contributed by atoms with E-state index in [0.29, 0.717) is 0 Å². The van der Waals surface area contributed by atoms with Crippen LogP contribution < -0.4 is 0 Å². The molecule has 0 aliphatic carbocycles. The van der Waals surface area contributed by atoms with Crippen molar-refractivity contribution in [1.29, 1.82) is 0 Å². The lowest BCUT2D eigenvalue weighted by Gasteiger charge is -2.24. The van der Waals surface area contributed by atoms with E-state index in [0.717, 1.165) is 0 Å². The molecule has 0 spiro atoms. The average molecular weight is 230 g/mol. The standard InChI is InChI=1S/C11H19O3P/c1-6-7-14-11(12)8-15(13,9(2)3)10(4)5/h1,9-10H,7-8H2,2-5H3. The van der Waals surface area contributed by atoms with Gasteiger partial charge in [-0.25, -0.2) is 0 Å². The lowest BCUT2D eigenvalue weighted by atomic mass is 10.5. The van der Waals surface area contributed by atoms with Crippen LogP contribution in [0.4, 0.5) is 0 Å². The summed E-state index contributed by atoms with van der Waals surface area (Å²) < 4.78 is 17.2. The van der Waals surface area contributed by atoms with Crippen LogP contribution in [0.1, 0.15) is 27.7 Å². The van der Waals surface area contributed by atoms with Crippen LogP contribution >= 0.6 is 7.14 Å². The summed E-state index contributed by atoms with van der Waals surface area (Å²) in [4.78, 5) is 11.3. The van der Waals surface area contributed by atoms with E-state index < -0.39 is 13.1 Å². The number of esters is 1. The van der Waals surface area contributed by atoms with Gasteiger partial charge in [-0.15, -0.1) is 6.42 Å². The van der Waals surface area contributed by atoms with Gasteiger partial charge < -0.3 is 9.30 Å². The molecule has 0 atom stereocenters.